The number of nitrogens with zero attached hydrogens (tertiary/aromatic N) is 3. The maximum atomic E-state index is 6.10. The first-order chi connectivity index (χ1) is 8.95. The third-order valence-electron chi connectivity index (χ3n) is 2.32. The van der Waals surface area contributed by atoms with Gasteiger partial charge >= 0.3 is 0 Å². The quantitative estimate of drug-likeness (QED) is 0.934. The molecule has 0 unspecified atom stereocenters. The third-order valence-corrected chi connectivity index (χ3v) is 2.60. The van der Waals surface area contributed by atoms with Crippen molar-refractivity contribution in [2.45, 2.75) is 26.9 Å². The van der Waals surface area contributed by atoms with Crippen molar-refractivity contribution in [3.8, 4) is 17.1 Å². The molecule has 19 heavy (non-hydrogen) atoms. The van der Waals surface area contributed by atoms with E-state index in [0.717, 1.165) is 11.3 Å². The van der Waals surface area contributed by atoms with Gasteiger partial charge in [0.05, 0.1) is 23.0 Å². The molecule has 0 radical (unpaired) electrons. The molecule has 100 valence electrons. The Morgan fingerprint density at radius 1 is 1.26 bits per heavy atom. The Hall–Kier alpha value is -1.88. The Kier molecular flexibility index (Phi) is 3.85. The number of aromatic nitrogens is 3. The predicted octanol–water partition coefficient (Wildman–Crippen LogP) is 2.87. The van der Waals surface area contributed by atoms with Gasteiger partial charge < -0.3 is 10.5 Å². The van der Waals surface area contributed by atoms with Gasteiger partial charge in [0.15, 0.2) is 0 Å². The molecule has 2 N–H and O–H groups in total. The highest BCUT2D eigenvalue weighted by Gasteiger charge is 2.10. The smallest absolute Gasteiger partial charge is 0.220 e. The van der Waals surface area contributed by atoms with Crippen molar-refractivity contribution < 1.29 is 4.74 Å². The zero-order valence-electron chi connectivity index (χ0n) is 11.0. The lowest BCUT2D eigenvalue weighted by Crippen LogP contribution is -2.07. The van der Waals surface area contributed by atoms with Crippen molar-refractivity contribution in [1.29, 1.82) is 0 Å². The fraction of sp³-hybridized carbons (Fsp3) is 0.308. The van der Waals surface area contributed by atoms with Gasteiger partial charge in [-0.05, 0) is 26.8 Å². The molecule has 0 atom stereocenters. The molecule has 6 heteroatoms. The van der Waals surface area contributed by atoms with Crippen molar-refractivity contribution in [2.75, 3.05) is 5.73 Å². The number of hydrogen-bond donors (Lipinski definition) is 1. The average molecular weight is 279 g/mol. The molecule has 0 amide bonds. The van der Waals surface area contributed by atoms with E-state index >= 15 is 0 Å². The summed E-state index contributed by atoms with van der Waals surface area (Å²) < 4.78 is 5.60. The molecule has 2 rings (SSSR count). The van der Waals surface area contributed by atoms with Crippen molar-refractivity contribution in [3.05, 3.63) is 29.0 Å². The molecule has 2 aromatic heterocycles. The van der Waals surface area contributed by atoms with E-state index in [-0.39, 0.29) is 12.1 Å². The molecule has 0 aliphatic carbocycles. The Bertz CT molecular complexity index is 601. The van der Waals surface area contributed by atoms with E-state index in [9.17, 15) is 0 Å². The van der Waals surface area contributed by atoms with Gasteiger partial charge in [0.1, 0.15) is 0 Å². The normalized spacial score (nSPS) is 10.8. The van der Waals surface area contributed by atoms with E-state index in [1.165, 1.54) is 6.20 Å². The van der Waals surface area contributed by atoms with Crippen LogP contribution in [0.4, 0.5) is 5.95 Å². The lowest BCUT2D eigenvalue weighted by molar-refractivity contribution is 0.232. The molecule has 2 aromatic rings. The highest BCUT2D eigenvalue weighted by Crippen LogP contribution is 2.28. The summed E-state index contributed by atoms with van der Waals surface area (Å²) in [6.45, 7) is 5.77. The molecular weight excluding hydrogens is 264 g/mol. The third kappa shape index (κ3) is 3.32. The van der Waals surface area contributed by atoms with Crippen LogP contribution in [-0.4, -0.2) is 21.1 Å². The van der Waals surface area contributed by atoms with E-state index in [4.69, 9.17) is 22.1 Å². The monoisotopic (exact) mass is 278 g/mol. The van der Waals surface area contributed by atoms with Crippen molar-refractivity contribution in [1.82, 2.24) is 15.0 Å². The largest absolute Gasteiger partial charge is 0.475 e. The number of nitrogen functional groups attached to an aromatic ring is 1. The second-order valence-corrected chi connectivity index (χ2v) is 4.83. The summed E-state index contributed by atoms with van der Waals surface area (Å²) in [5.74, 6) is 0.721. The molecule has 0 saturated carbocycles. The van der Waals surface area contributed by atoms with Gasteiger partial charge in [0.25, 0.3) is 0 Å². The van der Waals surface area contributed by atoms with Gasteiger partial charge in [-0.1, -0.05) is 11.6 Å². The average Bonchev–Trinajstić information content (AvgIpc) is 2.30. The van der Waals surface area contributed by atoms with Gasteiger partial charge in [-0.25, -0.2) is 15.0 Å². The Labute approximate surface area is 116 Å². The maximum absolute atomic E-state index is 6.10. The van der Waals surface area contributed by atoms with E-state index in [1.54, 1.807) is 6.07 Å². The highest BCUT2D eigenvalue weighted by atomic mass is 35.5. The second-order valence-electron chi connectivity index (χ2n) is 4.43. The number of rotatable bonds is 3. The molecule has 0 aromatic carbocycles. The summed E-state index contributed by atoms with van der Waals surface area (Å²) in [7, 11) is 0. The SMILES string of the molecule is Cc1cc(-c2nc(N)ncc2Cl)cc(OC(C)C)n1. The van der Waals surface area contributed by atoms with Crippen LogP contribution in [0.1, 0.15) is 19.5 Å². The zero-order chi connectivity index (χ0) is 14.0. The number of anilines is 1. The minimum Gasteiger partial charge on any atom is -0.475 e. The molecule has 2 heterocycles. The Balaban J connectivity index is 2.49. The van der Waals surface area contributed by atoms with Crippen LogP contribution in [0.5, 0.6) is 5.88 Å². The molecule has 0 aliphatic heterocycles. The van der Waals surface area contributed by atoms with Crippen LogP contribution in [0.3, 0.4) is 0 Å². The van der Waals surface area contributed by atoms with Crippen LogP contribution >= 0.6 is 11.6 Å². The van der Waals surface area contributed by atoms with Crippen LogP contribution in [0.25, 0.3) is 11.3 Å². The van der Waals surface area contributed by atoms with Crippen molar-refractivity contribution in [3.63, 3.8) is 0 Å². The molecule has 5 nitrogen and oxygen atoms in total. The van der Waals surface area contributed by atoms with Crippen molar-refractivity contribution in [2.24, 2.45) is 0 Å². The van der Waals surface area contributed by atoms with Crippen LogP contribution < -0.4 is 10.5 Å². The van der Waals surface area contributed by atoms with Crippen LogP contribution in [-0.2, 0) is 0 Å². The van der Waals surface area contributed by atoms with Gasteiger partial charge in [0.2, 0.25) is 11.8 Å². The number of ether oxygens (including phenoxy) is 1. The van der Waals surface area contributed by atoms with E-state index in [2.05, 4.69) is 15.0 Å². The van der Waals surface area contributed by atoms with Gasteiger partial charge in [-0.3, -0.25) is 0 Å². The lowest BCUT2D eigenvalue weighted by Gasteiger charge is -2.11. The minimum atomic E-state index is 0.0492. The molecular formula is C13H15ClN4O. The summed E-state index contributed by atoms with van der Waals surface area (Å²) in [6, 6.07) is 3.67. The number of nitrogens with two attached hydrogens (primary N) is 1. The van der Waals surface area contributed by atoms with Gasteiger partial charge in [0, 0.05) is 17.3 Å². The zero-order valence-corrected chi connectivity index (χ0v) is 11.8. The first-order valence-electron chi connectivity index (χ1n) is 5.89. The summed E-state index contributed by atoms with van der Waals surface area (Å²) in [5.41, 5.74) is 7.80. The number of hydrogen-bond acceptors (Lipinski definition) is 5. The van der Waals surface area contributed by atoms with Gasteiger partial charge in [-0.15, -0.1) is 0 Å². The fourth-order valence-corrected chi connectivity index (χ4v) is 1.86. The van der Waals surface area contributed by atoms with Gasteiger partial charge in [-0.2, -0.15) is 0 Å². The van der Waals surface area contributed by atoms with E-state index < -0.39 is 0 Å². The number of pyridine rings is 1. The van der Waals surface area contributed by atoms with Crippen LogP contribution in [0.15, 0.2) is 18.3 Å². The second kappa shape index (κ2) is 5.40. The first kappa shape index (κ1) is 13.5. The van der Waals surface area contributed by atoms with E-state index in [1.807, 2.05) is 26.8 Å². The summed E-state index contributed by atoms with van der Waals surface area (Å²) in [6.07, 6.45) is 1.53. The number of halogens is 1. The standard InChI is InChI=1S/C13H15ClN4O/c1-7(2)19-11-5-9(4-8(3)17-11)12-10(14)6-16-13(15)18-12/h4-7H,1-3H3,(H2,15,16,18). The number of aryl methyl sites for hydroxylation is 1. The first-order valence-corrected chi connectivity index (χ1v) is 6.27. The van der Waals surface area contributed by atoms with Crippen LogP contribution in [0, 0.1) is 6.92 Å². The minimum absolute atomic E-state index is 0.0492. The van der Waals surface area contributed by atoms with E-state index in [0.29, 0.717) is 16.6 Å². The summed E-state index contributed by atoms with van der Waals surface area (Å²) >= 11 is 6.10. The highest BCUT2D eigenvalue weighted by molar-refractivity contribution is 6.32. The molecule has 0 bridgehead atoms. The van der Waals surface area contributed by atoms with Crippen molar-refractivity contribution >= 4 is 17.5 Å². The Morgan fingerprint density at radius 3 is 2.68 bits per heavy atom. The fourth-order valence-electron chi connectivity index (χ4n) is 1.66. The molecule has 0 saturated heterocycles. The maximum Gasteiger partial charge on any atom is 0.220 e. The Morgan fingerprint density at radius 2 is 2.00 bits per heavy atom. The molecule has 0 aliphatic rings. The van der Waals surface area contributed by atoms with Crippen LogP contribution in [0.2, 0.25) is 5.02 Å². The summed E-state index contributed by atoms with van der Waals surface area (Å²) in [4.78, 5) is 12.3. The topological polar surface area (TPSA) is 73.9 Å². The summed E-state index contributed by atoms with van der Waals surface area (Å²) in [5, 5.41) is 0.440. The lowest BCUT2D eigenvalue weighted by atomic mass is 10.1. The molecule has 0 fully saturated rings. The predicted molar refractivity (Wildman–Crippen MR) is 75.2 cm³/mol. The molecule has 0 spiro atoms.